The Balaban J connectivity index is 1.92. The fourth-order valence-electron chi connectivity index (χ4n) is 2.48. The normalized spacial score (nSPS) is 10.5. The molecule has 0 atom stereocenters. The summed E-state index contributed by atoms with van der Waals surface area (Å²) in [6.07, 6.45) is 0. The average molecular weight is 327 g/mol. The number of rotatable bonds is 3. The van der Waals surface area contributed by atoms with Gasteiger partial charge in [-0.3, -0.25) is 0 Å². The minimum atomic E-state index is 0.757. The lowest BCUT2D eigenvalue weighted by Crippen LogP contribution is -1.93. The van der Waals surface area contributed by atoms with E-state index in [1.54, 1.807) is 11.3 Å². The first-order valence-electron chi connectivity index (χ1n) is 7.78. The Kier molecular flexibility index (Phi) is 4.09. The van der Waals surface area contributed by atoms with E-state index < -0.39 is 0 Å². The summed E-state index contributed by atoms with van der Waals surface area (Å²) in [5.74, 6) is 0.757. The molecule has 0 saturated carbocycles. The molecule has 1 aromatic heterocycles. The molecule has 0 amide bonds. The second kappa shape index (κ2) is 6.69. The van der Waals surface area contributed by atoms with Crippen LogP contribution in [0.5, 0.6) is 0 Å². The van der Waals surface area contributed by atoms with Gasteiger partial charge >= 0.3 is 10.0 Å². The zero-order valence-electron chi connectivity index (χ0n) is 13.0. The predicted octanol–water partition coefficient (Wildman–Crippen LogP) is 5.82. The highest BCUT2D eigenvalue weighted by Gasteiger charge is 2.22. The monoisotopic (exact) mass is 327 g/mol. The molecule has 0 bridgehead atoms. The summed E-state index contributed by atoms with van der Waals surface area (Å²) < 4.78 is 0. The molecule has 4 rings (SSSR count). The van der Waals surface area contributed by atoms with E-state index in [2.05, 4.69) is 24.3 Å². The third-order valence-electron chi connectivity index (χ3n) is 3.68. The van der Waals surface area contributed by atoms with E-state index in [0.29, 0.717) is 0 Å². The van der Waals surface area contributed by atoms with Gasteiger partial charge in [-0.25, -0.2) is 0 Å². The van der Waals surface area contributed by atoms with Crippen LogP contribution >= 0.6 is 11.3 Å². The van der Waals surface area contributed by atoms with Crippen molar-refractivity contribution in [2.75, 3.05) is 0 Å². The van der Waals surface area contributed by atoms with Crippen LogP contribution in [-0.4, -0.2) is 9.97 Å². The van der Waals surface area contributed by atoms with Crippen LogP contribution in [0.15, 0.2) is 91.0 Å². The molecule has 0 unspecified atom stereocenters. The van der Waals surface area contributed by atoms with Crippen LogP contribution in [0.25, 0.3) is 32.5 Å². The van der Waals surface area contributed by atoms with Gasteiger partial charge in [0.05, 0.1) is 11.1 Å². The van der Waals surface area contributed by atoms with Crippen LogP contribution in [0.3, 0.4) is 0 Å². The maximum atomic E-state index is 4.81. The van der Waals surface area contributed by atoms with Crippen LogP contribution in [0, 0.1) is 0 Å². The lowest BCUT2D eigenvalue weighted by Gasteiger charge is -2.00. The Morgan fingerprint density at radius 3 is 1.25 bits per heavy atom. The summed E-state index contributed by atoms with van der Waals surface area (Å²) in [6, 6.07) is 30.6. The molecule has 114 valence electrons. The molecule has 3 aromatic carbocycles. The van der Waals surface area contributed by atoms with Crippen molar-refractivity contribution < 1.29 is 0 Å². The molecule has 4 aromatic rings. The van der Waals surface area contributed by atoms with Gasteiger partial charge in [-0.1, -0.05) is 66.7 Å². The molecular weight excluding hydrogens is 312 g/mol. The third kappa shape index (κ3) is 3.07. The number of hydrogen-bond acceptors (Lipinski definition) is 2. The topological polar surface area (TPSA) is 25.8 Å². The smallest absolute Gasteiger partial charge is 0.172 e. The zero-order valence-corrected chi connectivity index (χ0v) is 13.8. The minimum Gasteiger partial charge on any atom is -0.172 e. The Bertz CT molecular complexity index is 800. The molecule has 0 saturated heterocycles. The summed E-state index contributed by atoms with van der Waals surface area (Å²) >= 11 is 1.62. The Morgan fingerprint density at radius 1 is 0.458 bits per heavy atom. The van der Waals surface area contributed by atoms with Gasteiger partial charge in [-0.2, -0.15) is 9.97 Å². The molecule has 24 heavy (non-hydrogen) atoms. The van der Waals surface area contributed by atoms with Crippen molar-refractivity contribution in [3.05, 3.63) is 91.0 Å². The summed E-state index contributed by atoms with van der Waals surface area (Å²) in [5, 5.41) is 1.95. The van der Waals surface area contributed by atoms with Gasteiger partial charge in [0.1, 0.15) is 0 Å². The molecule has 0 aliphatic rings. The first kappa shape index (κ1) is 14.7. The molecule has 0 aliphatic carbocycles. The predicted molar refractivity (Wildman–Crippen MR) is 101 cm³/mol. The van der Waals surface area contributed by atoms with Crippen LogP contribution < -0.4 is 0 Å². The summed E-state index contributed by atoms with van der Waals surface area (Å²) in [4.78, 5) is 9.61. The molecule has 0 aliphatic heterocycles. The molecule has 2 nitrogen and oxygen atoms in total. The highest BCUT2D eigenvalue weighted by Crippen LogP contribution is 2.31. The van der Waals surface area contributed by atoms with E-state index in [1.807, 2.05) is 66.7 Å². The summed E-state index contributed by atoms with van der Waals surface area (Å²) in [6.45, 7) is 0. The van der Waals surface area contributed by atoms with Crippen LogP contribution in [-0.2, 0) is 0 Å². The number of hydrogen-bond donors (Lipinski definition) is 0. The van der Waals surface area contributed by atoms with E-state index in [1.165, 1.54) is 0 Å². The van der Waals surface area contributed by atoms with Gasteiger partial charge in [0, 0.05) is 5.56 Å². The first-order chi connectivity index (χ1) is 11.9. The van der Waals surface area contributed by atoms with E-state index in [4.69, 9.17) is 9.97 Å². The maximum Gasteiger partial charge on any atom is 0.335 e. The average Bonchev–Trinajstić information content (AvgIpc) is 2.70. The van der Waals surface area contributed by atoms with Crippen molar-refractivity contribution in [1.29, 1.82) is 0 Å². The third-order valence-corrected chi connectivity index (χ3v) is 4.72. The number of benzene rings is 3. The van der Waals surface area contributed by atoms with Gasteiger partial charge in [-0.15, -0.1) is 0 Å². The molecule has 0 fully saturated rings. The van der Waals surface area contributed by atoms with Crippen LogP contribution in [0.1, 0.15) is 0 Å². The highest BCUT2D eigenvalue weighted by molar-refractivity contribution is 7.17. The molecule has 1 heterocycles. The molecule has 0 radical (unpaired) electrons. The van der Waals surface area contributed by atoms with Gasteiger partial charge in [0.15, 0.2) is 5.82 Å². The molecular formula is C21H15N2S+. The fraction of sp³-hybridized carbons (Fsp3) is 0. The van der Waals surface area contributed by atoms with Crippen molar-refractivity contribution in [1.82, 2.24) is 9.97 Å². The van der Waals surface area contributed by atoms with Gasteiger partial charge < -0.3 is 0 Å². The minimum absolute atomic E-state index is 0.757. The van der Waals surface area contributed by atoms with Gasteiger partial charge in [-0.05, 0) is 24.3 Å². The molecule has 3 heteroatoms. The highest BCUT2D eigenvalue weighted by atomic mass is 32.1. The largest absolute Gasteiger partial charge is 0.335 e. The lowest BCUT2D eigenvalue weighted by molar-refractivity contribution is 1.23. The fourth-order valence-corrected chi connectivity index (χ4v) is 3.43. The Labute approximate surface area is 145 Å². The zero-order chi connectivity index (χ0) is 16.2. The van der Waals surface area contributed by atoms with Gasteiger partial charge in [0.25, 0.3) is 11.3 Å². The maximum absolute atomic E-state index is 4.81. The molecule has 0 N–H and O–H groups in total. The summed E-state index contributed by atoms with van der Waals surface area (Å²) in [5.41, 5.74) is 3.25. The van der Waals surface area contributed by atoms with Crippen molar-refractivity contribution >= 4 is 11.3 Å². The van der Waals surface area contributed by atoms with E-state index >= 15 is 0 Å². The second-order valence-electron chi connectivity index (χ2n) is 5.36. The van der Waals surface area contributed by atoms with Gasteiger partial charge in [0.2, 0.25) is 0 Å². The Morgan fingerprint density at radius 2 is 0.833 bits per heavy atom. The van der Waals surface area contributed by atoms with Crippen LogP contribution in [0.2, 0.25) is 0 Å². The second-order valence-corrected chi connectivity index (χ2v) is 6.34. The quantitative estimate of drug-likeness (QED) is 0.443. The van der Waals surface area contributed by atoms with Crippen molar-refractivity contribution in [2.24, 2.45) is 0 Å². The van der Waals surface area contributed by atoms with Crippen LogP contribution in [0.4, 0.5) is 0 Å². The van der Waals surface area contributed by atoms with Crippen molar-refractivity contribution in [2.45, 2.75) is 0 Å². The summed E-state index contributed by atoms with van der Waals surface area (Å²) in [7, 11) is 0. The van der Waals surface area contributed by atoms with Crippen molar-refractivity contribution in [3.63, 3.8) is 0 Å². The number of aromatic nitrogens is 2. The molecule has 0 spiro atoms. The van der Waals surface area contributed by atoms with Crippen molar-refractivity contribution in [3.8, 4) is 32.5 Å². The lowest BCUT2D eigenvalue weighted by atomic mass is 10.2. The first-order valence-corrected chi connectivity index (χ1v) is 8.60. The Hall–Kier alpha value is -2.91. The number of nitrogens with zero attached hydrogens (tertiary/aromatic N) is 2. The van der Waals surface area contributed by atoms with E-state index in [9.17, 15) is 0 Å². The SMILES string of the molecule is c1ccc(-c2nc(-c3ccccc3)[s+]c(-c3ccccc3)n2)cc1. The van der Waals surface area contributed by atoms with E-state index in [-0.39, 0.29) is 0 Å². The van der Waals surface area contributed by atoms with E-state index in [0.717, 1.165) is 32.5 Å². The standard InChI is InChI=1S/C21H15N2S/c1-4-10-16(11-5-1)19-22-20(17-12-6-2-7-13-17)24-21(23-19)18-14-8-3-9-15-18/h1-15H/q+1.